The molecule has 0 spiro atoms. The highest BCUT2D eigenvalue weighted by molar-refractivity contribution is 8.26. The molecule has 0 bridgehead atoms. The van der Waals surface area contributed by atoms with Gasteiger partial charge in [-0.3, -0.25) is 9.69 Å². The van der Waals surface area contributed by atoms with E-state index in [1.165, 1.54) is 23.0 Å². The van der Waals surface area contributed by atoms with Crippen molar-refractivity contribution in [1.29, 1.82) is 0 Å². The van der Waals surface area contributed by atoms with Crippen LogP contribution in [0.15, 0.2) is 47.9 Å². The van der Waals surface area contributed by atoms with E-state index in [1.54, 1.807) is 11.0 Å². The van der Waals surface area contributed by atoms with E-state index in [2.05, 4.69) is 62.2 Å². The van der Waals surface area contributed by atoms with Gasteiger partial charge in [0.1, 0.15) is 4.32 Å². The van der Waals surface area contributed by atoms with Crippen LogP contribution in [0.1, 0.15) is 29.4 Å². The number of aryl methyl sites for hydroxylation is 2. The van der Waals surface area contributed by atoms with Crippen LogP contribution in [-0.4, -0.2) is 26.2 Å². The fourth-order valence-electron chi connectivity index (χ4n) is 3.26. The van der Waals surface area contributed by atoms with Gasteiger partial charge in [0.2, 0.25) is 0 Å². The molecule has 1 aliphatic rings. The van der Waals surface area contributed by atoms with E-state index in [4.69, 9.17) is 12.2 Å². The zero-order chi connectivity index (χ0) is 18.8. The van der Waals surface area contributed by atoms with Crippen LogP contribution in [0.3, 0.4) is 0 Å². The molecule has 0 atom stereocenters. The highest BCUT2D eigenvalue weighted by atomic mass is 32.2. The first kappa shape index (κ1) is 18.7. The molecule has 1 amide bonds. The van der Waals surface area contributed by atoms with Gasteiger partial charge < -0.3 is 4.57 Å². The van der Waals surface area contributed by atoms with Crippen molar-refractivity contribution < 1.29 is 4.79 Å². The lowest BCUT2D eigenvalue weighted by Gasteiger charge is -2.14. The third kappa shape index (κ3) is 3.29. The number of amides is 1. The van der Waals surface area contributed by atoms with Gasteiger partial charge >= 0.3 is 0 Å². The molecule has 5 heteroatoms. The van der Waals surface area contributed by atoms with Gasteiger partial charge in [-0.2, -0.15) is 0 Å². The molecule has 3 rings (SSSR count). The van der Waals surface area contributed by atoms with Crippen LogP contribution in [0, 0.1) is 13.8 Å². The Morgan fingerprint density at radius 1 is 1.27 bits per heavy atom. The molecule has 1 aliphatic heterocycles. The first-order chi connectivity index (χ1) is 12.5. The molecule has 26 heavy (non-hydrogen) atoms. The predicted octanol–water partition coefficient (Wildman–Crippen LogP) is 5.04. The summed E-state index contributed by atoms with van der Waals surface area (Å²) < 4.78 is 2.85. The van der Waals surface area contributed by atoms with Crippen molar-refractivity contribution >= 4 is 40.3 Å². The summed E-state index contributed by atoms with van der Waals surface area (Å²) in [4.78, 5) is 14.8. The van der Waals surface area contributed by atoms with Crippen molar-refractivity contribution in [2.75, 3.05) is 6.54 Å². The van der Waals surface area contributed by atoms with Crippen molar-refractivity contribution in [3.05, 3.63) is 70.4 Å². The van der Waals surface area contributed by atoms with Crippen LogP contribution in [0.5, 0.6) is 0 Å². The normalized spacial score (nSPS) is 16.0. The SMILES string of the molecule is C=CCN1C(=O)C(=Cc2cc(C)n(-c3ccccc3CC)c2C)SC1=S. The lowest BCUT2D eigenvalue weighted by Crippen LogP contribution is -2.27. The zero-order valence-electron chi connectivity index (χ0n) is 15.3. The molecule has 0 N–H and O–H groups in total. The number of aromatic nitrogens is 1. The van der Waals surface area contributed by atoms with E-state index in [-0.39, 0.29) is 5.91 Å². The van der Waals surface area contributed by atoms with E-state index in [1.807, 2.05) is 6.08 Å². The Balaban J connectivity index is 2.03. The van der Waals surface area contributed by atoms with E-state index >= 15 is 0 Å². The maximum Gasteiger partial charge on any atom is 0.266 e. The van der Waals surface area contributed by atoms with Crippen LogP contribution in [-0.2, 0) is 11.2 Å². The van der Waals surface area contributed by atoms with Crippen molar-refractivity contribution in [3.63, 3.8) is 0 Å². The molecule has 1 saturated heterocycles. The lowest BCUT2D eigenvalue weighted by molar-refractivity contribution is -0.121. The number of rotatable bonds is 5. The smallest absolute Gasteiger partial charge is 0.266 e. The summed E-state index contributed by atoms with van der Waals surface area (Å²) in [5.41, 5.74) is 5.82. The maximum absolute atomic E-state index is 12.6. The number of hydrogen-bond donors (Lipinski definition) is 0. The number of carbonyl (C=O) groups is 1. The van der Waals surface area contributed by atoms with Crippen molar-refractivity contribution in [2.24, 2.45) is 0 Å². The third-order valence-corrected chi connectivity index (χ3v) is 5.93. The molecular weight excluding hydrogens is 360 g/mol. The highest BCUT2D eigenvalue weighted by Crippen LogP contribution is 2.34. The van der Waals surface area contributed by atoms with Gasteiger partial charge in [-0.05, 0) is 49.6 Å². The number of carbonyl (C=O) groups excluding carboxylic acids is 1. The summed E-state index contributed by atoms with van der Waals surface area (Å²) in [5, 5.41) is 0. The van der Waals surface area contributed by atoms with E-state index in [0.29, 0.717) is 15.8 Å². The van der Waals surface area contributed by atoms with Crippen LogP contribution in [0.2, 0.25) is 0 Å². The summed E-state index contributed by atoms with van der Waals surface area (Å²) in [7, 11) is 0. The molecule has 0 radical (unpaired) electrons. The van der Waals surface area contributed by atoms with Crippen LogP contribution in [0.4, 0.5) is 0 Å². The van der Waals surface area contributed by atoms with Crippen molar-refractivity contribution in [1.82, 2.24) is 9.47 Å². The minimum Gasteiger partial charge on any atom is -0.318 e. The average molecular weight is 383 g/mol. The standard InChI is InChI=1S/C21H22N2OS2/c1-5-11-22-20(24)19(26-21(22)25)13-17-12-14(3)23(15(17)4)18-10-8-7-9-16(18)6-2/h5,7-10,12-13H,1,6,11H2,2-4H3. The fraction of sp³-hybridized carbons (Fsp3) is 0.238. The summed E-state index contributed by atoms with van der Waals surface area (Å²) in [6.45, 7) is 10.5. The number of hydrogen-bond acceptors (Lipinski definition) is 3. The summed E-state index contributed by atoms with van der Waals surface area (Å²) in [5.74, 6) is -0.0429. The molecule has 1 fully saturated rings. The Hall–Kier alpha value is -2.11. The summed E-state index contributed by atoms with van der Waals surface area (Å²) in [6, 6.07) is 10.6. The summed E-state index contributed by atoms with van der Waals surface area (Å²) in [6.07, 6.45) is 4.62. The van der Waals surface area contributed by atoms with Gasteiger partial charge in [-0.15, -0.1) is 6.58 Å². The van der Waals surface area contributed by atoms with E-state index in [0.717, 1.165) is 23.4 Å². The average Bonchev–Trinajstić information content (AvgIpc) is 3.05. The van der Waals surface area contributed by atoms with Gasteiger partial charge in [0.05, 0.1) is 4.91 Å². The molecular formula is C21H22N2OS2. The topological polar surface area (TPSA) is 25.2 Å². The van der Waals surface area contributed by atoms with Gasteiger partial charge in [-0.25, -0.2) is 0 Å². The Morgan fingerprint density at radius 3 is 2.69 bits per heavy atom. The van der Waals surface area contributed by atoms with Crippen LogP contribution < -0.4 is 0 Å². The predicted molar refractivity (Wildman–Crippen MR) is 115 cm³/mol. The Labute approximate surface area is 164 Å². The Morgan fingerprint density at radius 2 is 2.00 bits per heavy atom. The third-order valence-electron chi connectivity index (χ3n) is 4.56. The van der Waals surface area contributed by atoms with Crippen LogP contribution >= 0.6 is 24.0 Å². The van der Waals surface area contributed by atoms with Gasteiger partial charge in [-0.1, -0.05) is 55.2 Å². The lowest BCUT2D eigenvalue weighted by atomic mass is 10.1. The number of para-hydroxylation sites is 1. The van der Waals surface area contributed by atoms with E-state index in [9.17, 15) is 4.79 Å². The molecule has 0 unspecified atom stereocenters. The fourth-order valence-corrected chi connectivity index (χ4v) is 4.53. The maximum atomic E-state index is 12.6. The molecule has 1 aromatic heterocycles. The summed E-state index contributed by atoms with van der Waals surface area (Å²) >= 11 is 6.68. The molecule has 2 heterocycles. The number of thioether (sulfide) groups is 1. The molecule has 2 aromatic rings. The molecule has 3 nitrogen and oxygen atoms in total. The number of benzene rings is 1. The largest absolute Gasteiger partial charge is 0.318 e. The minimum absolute atomic E-state index is 0.0429. The van der Waals surface area contributed by atoms with Gasteiger partial charge in [0.25, 0.3) is 5.91 Å². The van der Waals surface area contributed by atoms with Gasteiger partial charge in [0, 0.05) is 23.6 Å². The number of nitrogens with zero attached hydrogens (tertiary/aromatic N) is 2. The Kier molecular flexibility index (Phi) is 5.49. The minimum atomic E-state index is -0.0429. The highest BCUT2D eigenvalue weighted by Gasteiger charge is 2.31. The quantitative estimate of drug-likeness (QED) is 0.411. The van der Waals surface area contributed by atoms with Gasteiger partial charge in [0.15, 0.2) is 0 Å². The van der Waals surface area contributed by atoms with E-state index < -0.39 is 0 Å². The van der Waals surface area contributed by atoms with Crippen LogP contribution in [0.25, 0.3) is 11.8 Å². The Bertz CT molecular complexity index is 924. The first-order valence-corrected chi connectivity index (χ1v) is 9.83. The zero-order valence-corrected chi connectivity index (χ0v) is 16.9. The van der Waals surface area contributed by atoms with Crippen molar-refractivity contribution in [3.8, 4) is 5.69 Å². The first-order valence-electron chi connectivity index (χ1n) is 8.61. The van der Waals surface area contributed by atoms with Crippen molar-refractivity contribution in [2.45, 2.75) is 27.2 Å². The second-order valence-electron chi connectivity index (χ2n) is 6.23. The second kappa shape index (κ2) is 7.64. The molecule has 1 aromatic carbocycles. The molecule has 134 valence electrons. The second-order valence-corrected chi connectivity index (χ2v) is 7.90. The number of thiocarbonyl (C=S) groups is 1. The monoisotopic (exact) mass is 382 g/mol. The molecule has 0 saturated carbocycles. The molecule has 0 aliphatic carbocycles.